The highest BCUT2D eigenvalue weighted by molar-refractivity contribution is 5.97. The lowest BCUT2D eigenvalue weighted by molar-refractivity contribution is 0.249. The number of rotatable bonds is 7. The number of likely N-dealkylation sites (tertiary alicyclic amines) is 1. The zero-order chi connectivity index (χ0) is 20.8. The minimum atomic E-state index is -0.266. The molecule has 7 heteroatoms. The zero-order valence-corrected chi connectivity index (χ0v) is 17.1. The van der Waals surface area contributed by atoms with E-state index in [2.05, 4.69) is 15.5 Å². The Morgan fingerprint density at radius 1 is 1.00 bits per heavy atom. The molecule has 30 heavy (non-hydrogen) atoms. The molecule has 0 atom stereocenters. The van der Waals surface area contributed by atoms with E-state index in [1.165, 1.54) is 12.8 Å². The van der Waals surface area contributed by atoms with Gasteiger partial charge in [0.15, 0.2) is 0 Å². The fourth-order valence-electron chi connectivity index (χ4n) is 3.76. The van der Waals surface area contributed by atoms with E-state index < -0.39 is 0 Å². The minimum Gasteiger partial charge on any atom is -0.382 e. The molecule has 2 amide bonds. The lowest BCUT2D eigenvalue weighted by Gasteiger charge is -2.15. The smallest absolute Gasteiger partial charge is 0.319 e. The van der Waals surface area contributed by atoms with Crippen LogP contribution < -0.4 is 16.4 Å². The average molecular weight is 405 g/mol. The molecule has 4 rings (SSSR count). The van der Waals surface area contributed by atoms with Crippen LogP contribution in [0.3, 0.4) is 0 Å². The summed E-state index contributed by atoms with van der Waals surface area (Å²) in [4.78, 5) is 14.9. The minimum absolute atomic E-state index is 0.266. The van der Waals surface area contributed by atoms with Crippen LogP contribution in [-0.4, -0.2) is 46.9 Å². The molecule has 1 aromatic heterocycles. The van der Waals surface area contributed by atoms with Crippen LogP contribution in [0.1, 0.15) is 18.4 Å². The van der Waals surface area contributed by atoms with Gasteiger partial charge in [0, 0.05) is 18.7 Å². The van der Waals surface area contributed by atoms with Crippen molar-refractivity contribution in [1.29, 1.82) is 0 Å². The molecule has 0 unspecified atom stereocenters. The molecule has 7 nitrogen and oxygen atoms in total. The van der Waals surface area contributed by atoms with Crippen molar-refractivity contribution in [2.45, 2.75) is 19.4 Å². The van der Waals surface area contributed by atoms with Gasteiger partial charge in [-0.1, -0.05) is 60.7 Å². The molecule has 0 radical (unpaired) electrons. The van der Waals surface area contributed by atoms with Crippen molar-refractivity contribution in [3.63, 3.8) is 0 Å². The highest BCUT2D eigenvalue weighted by Crippen LogP contribution is 2.32. The van der Waals surface area contributed by atoms with Gasteiger partial charge in [0.1, 0.15) is 17.2 Å². The molecule has 2 heterocycles. The summed E-state index contributed by atoms with van der Waals surface area (Å²) in [5.41, 5.74) is 9.62. The van der Waals surface area contributed by atoms with E-state index in [1.807, 2.05) is 60.7 Å². The summed E-state index contributed by atoms with van der Waals surface area (Å²) in [6, 6.07) is 19.5. The first-order valence-corrected chi connectivity index (χ1v) is 10.4. The predicted molar refractivity (Wildman–Crippen MR) is 120 cm³/mol. The lowest BCUT2D eigenvalue weighted by Crippen LogP contribution is -2.36. The molecule has 0 saturated carbocycles. The molecular weight excluding hydrogens is 376 g/mol. The van der Waals surface area contributed by atoms with Gasteiger partial charge in [-0.3, -0.25) is 0 Å². The maximum atomic E-state index is 12.6. The van der Waals surface area contributed by atoms with Crippen LogP contribution in [0.2, 0.25) is 0 Å². The third-order valence-electron chi connectivity index (χ3n) is 5.36. The average Bonchev–Trinajstić information content (AvgIpc) is 3.39. The predicted octanol–water partition coefficient (Wildman–Crippen LogP) is 3.40. The molecule has 0 spiro atoms. The van der Waals surface area contributed by atoms with Crippen LogP contribution in [0, 0.1) is 0 Å². The SMILES string of the molecule is Nc1c(NC(=O)NCCN2CCCC2)c(-c2ccccc2)nn1Cc1ccccc1. The summed E-state index contributed by atoms with van der Waals surface area (Å²) in [5.74, 6) is 0.437. The van der Waals surface area contributed by atoms with Crippen molar-refractivity contribution in [3.05, 3.63) is 66.2 Å². The molecule has 2 aromatic carbocycles. The van der Waals surface area contributed by atoms with Gasteiger partial charge in [0.2, 0.25) is 0 Å². The second-order valence-electron chi connectivity index (χ2n) is 7.55. The largest absolute Gasteiger partial charge is 0.382 e. The summed E-state index contributed by atoms with van der Waals surface area (Å²) in [5, 5.41) is 10.6. The molecule has 1 aliphatic heterocycles. The molecule has 156 valence electrons. The highest BCUT2D eigenvalue weighted by Gasteiger charge is 2.19. The van der Waals surface area contributed by atoms with Gasteiger partial charge in [0.25, 0.3) is 0 Å². The van der Waals surface area contributed by atoms with Crippen LogP contribution in [0.25, 0.3) is 11.3 Å². The summed E-state index contributed by atoms with van der Waals surface area (Å²) in [6.07, 6.45) is 2.48. The summed E-state index contributed by atoms with van der Waals surface area (Å²) in [6.45, 7) is 4.22. The quantitative estimate of drug-likeness (QED) is 0.563. The van der Waals surface area contributed by atoms with Crippen molar-refractivity contribution in [1.82, 2.24) is 20.0 Å². The number of carbonyl (C=O) groups is 1. The lowest BCUT2D eigenvalue weighted by atomic mass is 10.1. The maximum Gasteiger partial charge on any atom is 0.319 e. The fourth-order valence-corrected chi connectivity index (χ4v) is 3.76. The Hall–Kier alpha value is -3.32. The normalized spacial score (nSPS) is 14.0. The number of hydrogen-bond acceptors (Lipinski definition) is 4. The van der Waals surface area contributed by atoms with Gasteiger partial charge < -0.3 is 21.3 Å². The number of carbonyl (C=O) groups excluding carboxylic acids is 1. The van der Waals surface area contributed by atoms with Crippen molar-refractivity contribution < 1.29 is 4.79 Å². The van der Waals surface area contributed by atoms with Crippen molar-refractivity contribution >= 4 is 17.5 Å². The number of anilines is 2. The first-order valence-electron chi connectivity index (χ1n) is 10.4. The number of nitrogens with zero attached hydrogens (tertiary/aromatic N) is 3. The highest BCUT2D eigenvalue weighted by atomic mass is 16.2. The fraction of sp³-hybridized carbons (Fsp3) is 0.304. The van der Waals surface area contributed by atoms with Crippen LogP contribution in [0.5, 0.6) is 0 Å². The van der Waals surface area contributed by atoms with Gasteiger partial charge in [-0.05, 0) is 31.5 Å². The van der Waals surface area contributed by atoms with Crippen molar-refractivity contribution in [2.24, 2.45) is 0 Å². The van der Waals surface area contributed by atoms with E-state index in [9.17, 15) is 4.79 Å². The Morgan fingerprint density at radius 2 is 1.67 bits per heavy atom. The molecule has 1 aliphatic rings. The van der Waals surface area contributed by atoms with Crippen LogP contribution in [0.15, 0.2) is 60.7 Å². The summed E-state index contributed by atoms with van der Waals surface area (Å²) in [7, 11) is 0. The molecule has 0 bridgehead atoms. The van der Waals surface area contributed by atoms with E-state index in [0.717, 1.165) is 30.8 Å². The summed E-state index contributed by atoms with van der Waals surface area (Å²) >= 11 is 0. The van der Waals surface area contributed by atoms with E-state index in [-0.39, 0.29) is 6.03 Å². The molecular formula is C23H28N6O. The van der Waals surface area contributed by atoms with E-state index >= 15 is 0 Å². The topological polar surface area (TPSA) is 88.2 Å². The van der Waals surface area contributed by atoms with Crippen molar-refractivity contribution in [2.75, 3.05) is 37.2 Å². The number of nitrogens with two attached hydrogens (primary N) is 1. The Labute approximate surface area is 176 Å². The molecule has 4 N–H and O–H groups in total. The Balaban J connectivity index is 1.51. The number of aromatic nitrogens is 2. The van der Waals surface area contributed by atoms with Gasteiger partial charge in [-0.2, -0.15) is 5.10 Å². The molecule has 3 aromatic rings. The Morgan fingerprint density at radius 3 is 2.37 bits per heavy atom. The molecule has 0 aliphatic carbocycles. The summed E-state index contributed by atoms with van der Waals surface area (Å²) < 4.78 is 1.73. The number of nitrogen functional groups attached to an aromatic ring is 1. The van der Waals surface area contributed by atoms with E-state index in [1.54, 1.807) is 4.68 Å². The number of hydrogen-bond donors (Lipinski definition) is 3. The second-order valence-corrected chi connectivity index (χ2v) is 7.55. The van der Waals surface area contributed by atoms with Crippen LogP contribution >= 0.6 is 0 Å². The third kappa shape index (κ3) is 4.80. The van der Waals surface area contributed by atoms with Gasteiger partial charge in [-0.25, -0.2) is 9.48 Å². The maximum absolute atomic E-state index is 12.6. The van der Waals surface area contributed by atoms with Gasteiger partial charge in [-0.15, -0.1) is 0 Å². The van der Waals surface area contributed by atoms with Gasteiger partial charge >= 0.3 is 6.03 Å². The molecule has 1 fully saturated rings. The standard InChI is InChI=1S/C23H28N6O/c24-22-21(26-23(30)25-13-16-28-14-7-8-15-28)20(19-11-5-2-6-12-19)27-29(22)17-18-9-3-1-4-10-18/h1-6,9-12H,7-8,13-17,24H2,(H2,25,26,30). The number of amides is 2. The zero-order valence-electron chi connectivity index (χ0n) is 17.1. The second kappa shape index (κ2) is 9.45. The monoisotopic (exact) mass is 404 g/mol. The first-order chi connectivity index (χ1) is 14.7. The Bertz CT molecular complexity index is 964. The van der Waals surface area contributed by atoms with Crippen LogP contribution in [-0.2, 0) is 6.54 Å². The third-order valence-corrected chi connectivity index (χ3v) is 5.36. The van der Waals surface area contributed by atoms with E-state index in [4.69, 9.17) is 10.8 Å². The van der Waals surface area contributed by atoms with Crippen LogP contribution in [0.4, 0.5) is 16.3 Å². The Kier molecular flexibility index (Phi) is 6.29. The first kappa shape index (κ1) is 20.0. The molecule has 1 saturated heterocycles. The number of nitrogens with one attached hydrogen (secondary N) is 2. The number of benzene rings is 2. The number of urea groups is 1. The van der Waals surface area contributed by atoms with Crippen molar-refractivity contribution in [3.8, 4) is 11.3 Å². The van der Waals surface area contributed by atoms with E-state index in [0.29, 0.717) is 30.3 Å². The van der Waals surface area contributed by atoms with Gasteiger partial charge in [0.05, 0.1) is 6.54 Å².